The molecular weight excluding hydrogens is 131 g/mol. The fourth-order valence-corrected chi connectivity index (χ4v) is 0. The van der Waals surface area contributed by atoms with Crippen LogP contribution in [0.1, 0.15) is 0 Å². The highest BCUT2D eigenvalue weighted by Crippen LogP contribution is 1.99. The monoisotopic (exact) mass is 142 g/mol. The SMILES string of the molecule is C[PH](=O)O.OCCO. The van der Waals surface area contributed by atoms with Crippen LogP contribution < -0.4 is 0 Å². The summed E-state index contributed by atoms with van der Waals surface area (Å²) in [5.74, 6) is 0. The van der Waals surface area contributed by atoms with Crippen molar-refractivity contribution in [3.8, 4) is 0 Å². The minimum Gasteiger partial charge on any atom is -0.394 e. The van der Waals surface area contributed by atoms with Gasteiger partial charge in [0.15, 0.2) is 8.03 Å². The molecule has 0 aromatic rings. The summed E-state index contributed by atoms with van der Waals surface area (Å²) in [6.07, 6.45) is 0. The Morgan fingerprint density at radius 1 is 1.38 bits per heavy atom. The third-order valence-corrected chi connectivity index (χ3v) is 0.1000. The van der Waals surface area contributed by atoms with Gasteiger partial charge in [-0.15, -0.1) is 0 Å². The van der Waals surface area contributed by atoms with Gasteiger partial charge in [-0.2, -0.15) is 0 Å². The number of rotatable bonds is 1. The van der Waals surface area contributed by atoms with Crippen LogP contribution >= 0.6 is 8.03 Å². The summed E-state index contributed by atoms with van der Waals surface area (Å²) in [5, 5.41) is 15.2. The molecule has 0 spiro atoms. The zero-order valence-electron chi connectivity index (χ0n) is 4.66. The smallest absolute Gasteiger partial charge is 0.186 e. The predicted octanol–water partition coefficient (Wildman–Crippen LogP) is -0.946. The van der Waals surface area contributed by atoms with Gasteiger partial charge in [-0.05, 0) is 0 Å². The van der Waals surface area contributed by atoms with E-state index in [4.69, 9.17) is 15.1 Å². The maximum absolute atomic E-state index is 9.19. The largest absolute Gasteiger partial charge is 0.394 e. The van der Waals surface area contributed by atoms with Crippen molar-refractivity contribution in [1.29, 1.82) is 0 Å². The summed E-state index contributed by atoms with van der Waals surface area (Å²) in [6, 6.07) is 0. The molecule has 5 heteroatoms. The zero-order chi connectivity index (χ0) is 6.99. The second-order valence-corrected chi connectivity index (χ2v) is 2.00. The first kappa shape index (κ1) is 11.0. The lowest BCUT2D eigenvalue weighted by Crippen LogP contribution is -1.85. The lowest BCUT2D eigenvalue weighted by Gasteiger charge is -1.70. The van der Waals surface area contributed by atoms with E-state index in [2.05, 4.69) is 0 Å². The Morgan fingerprint density at radius 2 is 1.50 bits per heavy atom. The Balaban J connectivity index is 0. The third-order valence-electron chi connectivity index (χ3n) is 0.1000. The molecule has 0 rings (SSSR count). The highest BCUT2D eigenvalue weighted by molar-refractivity contribution is 7.36. The van der Waals surface area contributed by atoms with E-state index in [-0.39, 0.29) is 13.2 Å². The maximum atomic E-state index is 9.19. The number of hydrogen-bond acceptors (Lipinski definition) is 3. The summed E-state index contributed by atoms with van der Waals surface area (Å²) in [6.45, 7) is 1.02. The number of aliphatic hydroxyl groups excluding tert-OH is 2. The molecule has 3 N–H and O–H groups in total. The average molecular weight is 142 g/mol. The van der Waals surface area contributed by atoms with Gasteiger partial charge in [0.25, 0.3) is 0 Å². The minimum absolute atomic E-state index is 0.125. The first-order chi connectivity index (χ1) is 3.65. The summed E-state index contributed by atoms with van der Waals surface area (Å²) in [7, 11) is -2.13. The van der Waals surface area contributed by atoms with Crippen molar-refractivity contribution in [1.82, 2.24) is 0 Å². The van der Waals surface area contributed by atoms with Crippen LogP contribution in [0.5, 0.6) is 0 Å². The predicted molar refractivity (Wildman–Crippen MR) is 31.3 cm³/mol. The van der Waals surface area contributed by atoms with Crippen molar-refractivity contribution in [2.24, 2.45) is 0 Å². The summed E-state index contributed by atoms with van der Waals surface area (Å²) < 4.78 is 9.19. The van der Waals surface area contributed by atoms with Crippen molar-refractivity contribution >= 4 is 8.03 Å². The van der Waals surface area contributed by atoms with Crippen molar-refractivity contribution in [3.63, 3.8) is 0 Å². The van der Waals surface area contributed by atoms with E-state index in [1.807, 2.05) is 0 Å². The first-order valence-electron chi connectivity index (χ1n) is 2.06. The number of aliphatic hydroxyl groups is 2. The molecule has 0 fully saturated rings. The Labute approximate surface area is 48.6 Å². The van der Waals surface area contributed by atoms with Crippen LogP contribution in [0.15, 0.2) is 0 Å². The van der Waals surface area contributed by atoms with Gasteiger partial charge in [0, 0.05) is 6.66 Å². The summed E-state index contributed by atoms with van der Waals surface area (Å²) in [5.41, 5.74) is 0. The van der Waals surface area contributed by atoms with Crippen LogP contribution in [0.2, 0.25) is 0 Å². The Kier molecular flexibility index (Phi) is 14.0. The second-order valence-electron chi connectivity index (χ2n) is 0.966. The van der Waals surface area contributed by atoms with E-state index < -0.39 is 8.03 Å². The molecule has 0 heterocycles. The quantitative estimate of drug-likeness (QED) is 0.412. The van der Waals surface area contributed by atoms with E-state index in [1.54, 1.807) is 0 Å². The fourth-order valence-electron chi connectivity index (χ4n) is 0. The lowest BCUT2D eigenvalue weighted by molar-refractivity contribution is 0.186. The van der Waals surface area contributed by atoms with Gasteiger partial charge in [0.2, 0.25) is 0 Å². The molecule has 1 atom stereocenters. The van der Waals surface area contributed by atoms with Gasteiger partial charge >= 0.3 is 0 Å². The molecule has 0 amide bonds. The minimum atomic E-state index is -2.13. The van der Waals surface area contributed by atoms with Crippen LogP contribution in [0.25, 0.3) is 0 Å². The van der Waals surface area contributed by atoms with Gasteiger partial charge < -0.3 is 15.1 Å². The Bertz CT molecular complexity index is 49.2. The van der Waals surface area contributed by atoms with Crippen molar-refractivity contribution < 1.29 is 19.7 Å². The molecule has 0 aliphatic rings. The van der Waals surface area contributed by atoms with Gasteiger partial charge in [-0.3, -0.25) is 4.57 Å². The highest BCUT2D eigenvalue weighted by atomic mass is 31.1. The average Bonchev–Trinajstić information content (AvgIpc) is 1.65. The molecule has 0 bridgehead atoms. The lowest BCUT2D eigenvalue weighted by atomic mass is 10.8. The van der Waals surface area contributed by atoms with E-state index in [0.29, 0.717) is 0 Å². The molecule has 52 valence electrons. The van der Waals surface area contributed by atoms with Gasteiger partial charge in [0.05, 0.1) is 13.2 Å². The molecule has 0 saturated carbocycles. The Morgan fingerprint density at radius 3 is 1.50 bits per heavy atom. The molecular formula is C3H11O4P. The van der Waals surface area contributed by atoms with Crippen LogP contribution in [-0.2, 0) is 4.57 Å². The molecule has 4 nitrogen and oxygen atoms in total. The maximum Gasteiger partial charge on any atom is 0.186 e. The molecule has 8 heavy (non-hydrogen) atoms. The van der Waals surface area contributed by atoms with Crippen LogP contribution in [0.4, 0.5) is 0 Å². The topological polar surface area (TPSA) is 77.8 Å². The highest BCUT2D eigenvalue weighted by Gasteiger charge is 1.60. The summed E-state index contributed by atoms with van der Waals surface area (Å²) >= 11 is 0. The van der Waals surface area contributed by atoms with Crippen LogP contribution in [0, 0.1) is 0 Å². The van der Waals surface area contributed by atoms with Gasteiger partial charge in [-0.25, -0.2) is 0 Å². The van der Waals surface area contributed by atoms with Crippen molar-refractivity contribution in [3.05, 3.63) is 0 Å². The number of hydrogen-bond donors (Lipinski definition) is 3. The summed E-state index contributed by atoms with van der Waals surface area (Å²) in [4.78, 5) is 7.60. The fraction of sp³-hybridized carbons (Fsp3) is 1.00. The standard InChI is InChI=1S/C2H6O2.CH5O2P/c3-1-2-4;1-4(2)3/h3-4H,1-2H2;4H,1H3,(H,2,3). The molecule has 0 aromatic heterocycles. The van der Waals surface area contributed by atoms with E-state index >= 15 is 0 Å². The van der Waals surface area contributed by atoms with Gasteiger partial charge in [-0.1, -0.05) is 0 Å². The normalized spacial score (nSPS) is 11.5. The van der Waals surface area contributed by atoms with Crippen LogP contribution in [-0.4, -0.2) is 35.0 Å². The van der Waals surface area contributed by atoms with E-state index in [9.17, 15) is 4.57 Å². The second kappa shape index (κ2) is 10.2. The molecule has 0 aromatic carbocycles. The van der Waals surface area contributed by atoms with Crippen LogP contribution in [0.3, 0.4) is 0 Å². The Hall–Kier alpha value is 0.110. The molecule has 0 aliphatic heterocycles. The van der Waals surface area contributed by atoms with E-state index in [0.717, 1.165) is 0 Å². The third kappa shape index (κ3) is 129. The van der Waals surface area contributed by atoms with Crippen molar-refractivity contribution in [2.75, 3.05) is 19.9 Å². The first-order valence-corrected chi connectivity index (χ1v) is 3.92. The van der Waals surface area contributed by atoms with Crippen molar-refractivity contribution in [2.45, 2.75) is 0 Å². The van der Waals surface area contributed by atoms with E-state index in [1.165, 1.54) is 6.66 Å². The zero-order valence-corrected chi connectivity index (χ0v) is 5.66. The molecule has 0 saturated heterocycles. The molecule has 0 aliphatic carbocycles. The van der Waals surface area contributed by atoms with Gasteiger partial charge in [0.1, 0.15) is 0 Å². The molecule has 0 radical (unpaired) electrons. The molecule has 1 unspecified atom stereocenters.